The zero-order chi connectivity index (χ0) is 18.9. The molecule has 0 spiro atoms. The molecule has 0 unspecified atom stereocenters. The number of nitrogens with one attached hydrogen (secondary N) is 1. The van der Waals surface area contributed by atoms with E-state index in [9.17, 15) is 4.79 Å². The minimum atomic E-state index is -0.0146. The lowest BCUT2D eigenvalue weighted by Crippen LogP contribution is -2.12. The highest BCUT2D eigenvalue weighted by Gasteiger charge is 2.10. The monoisotopic (exact) mass is 363 g/mol. The maximum Gasteiger partial charge on any atom is 0.224 e. The third-order valence-corrected chi connectivity index (χ3v) is 4.31. The summed E-state index contributed by atoms with van der Waals surface area (Å²) in [6.45, 7) is 1.13. The summed E-state index contributed by atoms with van der Waals surface area (Å²) in [5.41, 5.74) is 8.03. The van der Waals surface area contributed by atoms with Crippen LogP contribution in [0.5, 0.6) is 5.75 Å². The van der Waals surface area contributed by atoms with Crippen LogP contribution in [0.3, 0.4) is 0 Å². The van der Waals surface area contributed by atoms with Gasteiger partial charge in [-0.15, -0.1) is 0 Å². The van der Waals surface area contributed by atoms with Gasteiger partial charge in [0.15, 0.2) is 0 Å². The number of hydrogen-bond acceptors (Lipinski definition) is 4. The molecule has 5 heteroatoms. The zero-order valence-corrected chi connectivity index (χ0v) is 15.4. The number of carbonyl (C=O) groups is 1. The Hall–Kier alpha value is -2.92. The van der Waals surface area contributed by atoms with Gasteiger partial charge in [-0.25, -0.2) is 0 Å². The highest BCUT2D eigenvalue weighted by molar-refractivity contribution is 6.01. The van der Waals surface area contributed by atoms with E-state index in [1.807, 2.05) is 54.6 Å². The van der Waals surface area contributed by atoms with Crippen molar-refractivity contribution in [3.63, 3.8) is 0 Å². The molecule has 0 fully saturated rings. The number of hydrogen-bond donors (Lipinski definition) is 2. The number of unbranched alkanes of at least 4 members (excludes halogenated alkanes) is 2. The predicted octanol–water partition coefficient (Wildman–Crippen LogP) is 4.27. The fraction of sp³-hybridized carbons (Fsp3) is 0.273. The van der Waals surface area contributed by atoms with E-state index in [0.717, 1.165) is 35.7 Å². The van der Waals surface area contributed by atoms with Crippen LogP contribution < -0.4 is 15.8 Å². The van der Waals surface area contributed by atoms with E-state index < -0.39 is 0 Å². The molecule has 0 aliphatic rings. The van der Waals surface area contributed by atoms with Crippen LogP contribution in [0.1, 0.15) is 31.2 Å². The average molecular weight is 363 g/mol. The van der Waals surface area contributed by atoms with Crippen molar-refractivity contribution in [3.8, 4) is 5.75 Å². The van der Waals surface area contributed by atoms with Crippen LogP contribution in [0.15, 0.2) is 60.8 Å². The first kappa shape index (κ1) is 18.9. The van der Waals surface area contributed by atoms with Crippen LogP contribution >= 0.6 is 0 Å². The van der Waals surface area contributed by atoms with Crippen LogP contribution in [0.2, 0.25) is 0 Å². The second kappa shape index (κ2) is 9.69. The normalized spacial score (nSPS) is 10.7. The first-order valence-electron chi connectivity index (χ1n) is 9.31. The first-order chi connectivity index (χ1) is 13.3. The molecular weight excluding hydrogens is 338 g/mol. The number of aromatic nitrogens is 1. The molecule has 1 heterocycles. The Kier molecular flexibility index (Phi) is 6.77. The zero-order valence-electron chi connectivity index (χ0n) is 15.4. The molecule has 2 aromatic carbocycles. The van der Waals surface area contributed by atoms with Crippen LogP contribution in [0.4, 0.5) is 5.69 Å². The predicted molar refractivity (Wildman–Crippen MR) is 109 cm³/mol. The molecule has 3 aromatic rings. The lowest BCUT2D eigenvalue weighted by molar-refractivity contribution is -0.116. The molecule has 0 aliphatic heterocycles. The molecule has 0 radical (unpaired) electrons. The topological polar surface area (TPSA) is 77.2 Å². The second-order valence-corrected chi connectivity index (χ2v) is 6.47. The summed E-state index contributed by atoms with van der Waals surface area (Å²) in [5, 5.41) is 3.92. The largest absolute Gasteiger partial charge is 0.489 e. The number of benzene rings is 2. The minimum absolute atomic E-state index is 0.0146. The van der Waals surface area contributed by atoms with Crippen molar-refractivity contribution in [2.75, 3.05) is 11.9 Å². The smallest absolute Gasteiger partial charge is 0.224 e. The maximum absolute atomic E-state index is 12.3. The quantitative estimate of drug-likeness (QED) is 0.557. The van der Waals surface area contributed by atoms with Crippen LogP contribution in [-0.4, -0.2) is 17.4 Å². The van der Waals surface area contributed by atoms with Crippen LogP contribution in [0, 0.1) is 0 Å². The Labute approximate surface area is 159 Å². The van der Waals surface area contributed by atoms with E-state index in [1.54, 1.807) is 6.20 Å². The number of nitrogens with two attached hydrogens (primary N) is 1. The van der Waals surface area contributed by atoms with Crippen LogP contribution in [-0.2, 0) is 11.4 Å². The SMILES string of the molecule is NCCCCCC(=O)Nc1cc(OCc2ccccc2)cc2cccnc12. The number of ether oxygens (including phenoxy) is 1. The molecule has 0 bridgehead atoms. The number of anilines is 1. The fourth-order valence-corrected chi connectivity index (χ4v) is 2.90. The first-order valence-corrected chi connectivity index (χ1v) is 9.31. The fourth-order valence-electron chi connectivity index (χ4n) is 2.90. The van der Waals surface area contributed by atoms with E-state index in [0.29, 0.717) is 31.0 Å². The van der Waals surface area contributed by atoms with Gasteiger partial charge in [-0.3, -0.25) is 9.78 Å². The molecular formula is C22H25N3O2. The highest BCUT2D eigenvalue weighted by atomic mass is 16.5. The van der Waals surface area contributed by atoms with Gasteiger partial charge in [0.05, 0.1) is 11.2 Å². The molecule has 0 saturated heterocycles. The summed E-state index contributed by atoms with van der Waals surface area (Å²) in [4.78, 5) is 16.7. The molecule has 27 heavy (non-hydrogen) atoms. The second-order valence-electron chi connectivity index (χ2n) is 6.47. The molecule has 5 nitrogen and oxygen atoms in total. The van der Waals surface area contributed by atoms with Gasteiger partial charge in [0.25, 0.3) is 0 Å². The number of nitrogens with zero attached hydrogens (tertiary/aromatic N) is 1. The minimum Gasteiger partial charge on any atom is -0.489 e. The maximum atomic E-state index is 12.3. The highest BCUT2D eigenvalue weighted by Crippen LogP contribution is 2.28. The van der Waals surface area contributed by atoms with Crippen LogP contribution in [0.25, 0.3) is 10.9 Å². The molecule has 1 amide bonds. The number of pyridine rings is 1. The van der Waals surface area contributed by atoms with E-state index in [4.69, 9.17) is 10.5 Å². The van der Waals surface area contributed by atoms with E-state index in [2.05, 4.69) is 10.3 Å². The van der Waals surface area contributed by atoms with Gasteiger partial charge in [0, 0.05) is 24.1 Å². The van der Waals surface area contributed by atoms with Gasteiger partial charge in [0.1, 0.15) is 12.4 Å². The van der Waals surface area contributed by atoms with Gasteiger partial charge in [-0.2, -0.15) is 0 Å². The van der Waals surface area contributed by atoms with E-state index in [1.165, 1.54) is 0 Å². The summed E-state index contributed by atoms with van der Waals surface area (Å²) in [7, 11) is 0. The van der Waals surface area contributed by atoms with Crippen molar-refractivity contribution in [2.45, 2.75) is 32.3 Å². The summed E-state index contributed by atoms with van der Waals surface area (Å²) < 4.78 is 5.94. The van der Waals surface area contributed by atoms with Crippen molar-refractivity contribution in [1.29, 1.82) is 0 Å². The molecule has 0 aliphatic carbocycles. The molecule has 3 rings (SSSR count). The number of fused-ring (bicyclic) bond motifs is 1. The number of rotatable bonds is 9. The molecule has 0 atom stereocenters. The summed E-state index contributed by atoms with van der Waals surface area (Å²) >= 11 is 0. The molecule has 140 valence electrons. The summed E-state index contributed by atoms with van der Waals surface area (Å²) in [6.07, 6.45) is 4.94. The van der Waals surface area contributed by atoms with Gasteiger partial charge in [-0.1, -0.05) is 42.8 Å². The van der Waals surface area contributed by atoms with Crippen molar-refractivity contribution < 1.29 is 9.53 Å². The Morgan fingerprint density at radius 2 is 1.89 bits per heavy atom. The number of carbonyl (C=O) groups excluding carboxylic acids is 1. The van der Waals surface area contributed by atoms with Gasteiger partial charge < -0.3 is 15.8 Å². The standard InChI is InChI=1S/C22H25N3O2/c23-12-6-2-5-11-21(26)25-20-15-19(14-18-10-7-13-24-22(18)20)27-16-17-8-3-1-4-9-17/h1,3-4,7-10,13-15H,2,5-6,11-12,16,23H2,(H,25,26). The molecule has 0 saturated carbocycles. The Morgan fingerprint density at radius 1 is 1.04 bits per heavy atom. The third kappa shape index (κ3) is 5.53. The Morgan fingerprint density at radius 3 is 2.70 bits per heavy atom. The van der Waals surface area contributed by atoms with Crippen molar-refractivity contribution in [2.24, 2.45) is 5.73 Å². The lowest BCUT2D eigenvalue weighted by atomic mass is 10.1. The average Bonchev–Trinajstić information content (AvgIpc) is 2.70. The number of amides is 1. The van der Waals surface area contributed by atoms with Crippen molar-refractivity contribution >= 4 is 22.5 Å². The van der Waals surface area contributed by atoms with Gasteiger partial charge in [0.2, 0.25) is 5.91 Å². The molecule has 1 aromatic heterocycles. The molecule has 3 N–H and O–H groups in total. The van der Waals surface area contributed by atoms with Gasteiger partial charge in [-0.05, 0) is 37.1 Å². The van der Waals surface area contributed by atoms with Crippen molar-refractivity contribution in [1.82, 2.24) is 4.98 Å². The van der Waals surface area contributed by atoms with E-state index in [-0.39, 0.29) is 5.91 Å². The van der Waals surface area contributed by atoms with Gasteiger partial charge >= 0.3 is 0 Å². The summed E-state index contributed by atoms with van der Waals surface area (Å²) in [6, 6.07) is 17.6. The third-order valence-electron chi connectivity index (χ3n) is 4.31. The summed E-state index contributed by atoms with van der Waals surface area (Å²) in [5.74, 6) is 0.692. The lowest BCUT2D eigenvalue weighted by Gasteiger charge is -2.12. The van der Waals surface area contributed by atoms with Crippen molar-refractivity contribution in [3.05, 3.63) is 66.4 Å². The van der Waals surface area contributed by atoms with E-state index >= 15 is 0 Å². The Balaban J connectivity index is 1.73. The Bertz CT molecular complexity index is 881.